The second kappa shape index (κ2) is 6.39. The molecule has 3 rings (SSSR count). The predicted octanol–water partition coefficient (Wildman–Crippen LogP) is 2.25. The Morgan fingerprint density at radius 3 is 2.75 bits per heavy atom. The molecule has 130 valence electrons. The molecule has 1 heterocycles. The number of hydrogen-bond donors (Lipinski definition) is 2. The van der Waals surface area contributed by atoms with E-state index in [1.165, 1.54) is 12.1 Å². The Balaban J connectivity index is 1.44. The molecule has 1 saturated carbocycles. The van der Waals surface area contributed by atoms with Gasteiger partial charge in [-0.15, -0.1) is 0 Å². The van der Waals surface area contributed by atoms with Crippen LogP contribution in [0, 0.1) is 21.4 Å². The maximum Gasteiger partial charge on any atom is 0.315 e. The molecular formula is C17H23N3O4. The molecule has 2 amide bonds. The van der Waals surface area contributed by atoms with E-state index in [1.54, 1.807) is 12.1 Å². The van der Waals surface area contributed by atoms with Crippen molar-refractivity contribution in [2.75, 3.05) is 13.2 Å². The summed E-state index contributed by atoms with van der Waals surface area (Å²) >= 11 is 0. The van der Waals surface area contributed by atoms with Crippen LogP contribution in [0.15, 0.2) is 24.3 Å². The normalized spacial score (nSPS) is 27.0. The molecule has 0 aromatic heterocycles. The Hall–Kier alpha value is -2.15. The molecule has 3 atom stereocenters. The molecular weight excluding hydrogens is 310 g/mol. The van der Waals surface area contributed by atoms with Crippen LogP contribution in [0.4, 0.5) is 10.5 Å². The number of fused-ring (bicyclic) bond motifs is 1. The minimum absolute atomic E-state index is 0.0309. The van der Waals surface area contributed by atoms with Crippen LogP contribution in [0.25, 0.3) is 0 Å². The highest BCUT2D eigenvalue weighted by atomic mass is 16.6. The molecule has 2 N–H and O–H groups in total. The van der Waals surface area contributed by atoms with Gasteiger partial charge in [0, 0.05) is 42.7 Å². The number of carbonyl (C=O) groups excluding carboxylic acids is 1. The van der Waals surface area contributed by atoms with E-state index in [0.717, 1.165) is 18.6 Å². The van der Waals surface area contributed by atoms with E-state index in [1.807, 2.05) is 0 Å². The van der Waals surface area contributed by atoms with E-state index >= 15 is 0 Å². The highest BCUT2D eigenvalue weighted by Gasteiger charge is 2.59. The monoisotopic (exact) mass is 333 g/mol. The molecule has 7 nitrogen and oxygen atoms in total. The van der Waals surface area contributed by atoms with Crippen molar-refractivity contribution in [2.45, 2.75) is 38.8 Å². The Bertz CT molecular complexity index is 629. The molecule has 0 radical (unpaired) electrons. The van der Waals surface area contributed by atoms with E-state index in [9.17, 15) is 14.9 Å². The zero-order chi connectivity index (χ0) is 17.3. The quantitative estimate of drug-likeness (QED) is 0.638. The third-order valence-corrected chi connectivity index (χ3v) is 5.23. The van der Waals surface area contributed by atoms with E-state index in [0.29, 0.717) is 18.9 Å². The zero-order valence-electron chi connectivity index (χ0n) is 14.0. The van der Waals surface area contributed by atoms with Crippen molar-refractivity contribution in [1.29, 1.82) is 0 Å². The van der Waals surface area contributed by atoms with Gasteiger partial charge in [0.25, 0.3) is 5.69 Å². The molecule has 0 spiro atoms. The molecule has 0 bridgehead atoms. The first-order chi connectivity index (χ1) is 11.4. The summed E-state index contributed by atoms with van der Waals surface area (Å²) in [5.41, 5.74) is 0.996. The number of urea groups is 1. The van der Waals surface area contributed by atoms with Crippen LogP contribution < -0.4 is 10.6 Å². The smallest absolute Gasteiger partial charge is 0.315 e. The highest BCUT2D eigenvalue weighted by molar-refractivity contribution is 5.74. The van der Waals surface area contributed by atoms with Crippen molar-refractivity contribution in [3.63, 3.8) is 0 Å². The molecule has 1 aromatic carbocycles. The van der Waals surface area contributed by atoms with E-state index in [-0.39, 0.29) is 29.3 Å². The fraction of sp³-hybridized carbons (Fsp3) is 0.588. The fourth-order valence-corrected chi connectivity index (χ4v) is 3.91. The second-order valence-electron chi connectivity index (χ2n) is 7.12. The molecule has 1 saturated heterocycles. The number of benzene rings is 1. The minimum Gasteiger partial charge on any atom is -0.377 e. The number of nitro groups is 1. The topological polar surface area (TPSA) is 93.5 Å². The fourth-order valence-electron chi connectivity index (χ4n) is 3.91. The first-order valence-corrected chi connectivity index (χ1v) is 8.29. The Morgan fingerprint density at radius 2 is 2.08 bits per heavy atom. The van der Waals surface area contributed by atoms with Crippen molar-refractivity contribution < 1.29 is 14.5 Å². The average molecular weight is 333 g/mol. The zero-order valence-corrected chi connectivity index (χ0v) is 14.0. The van der Waals surface area contributed by atoms with Crippen LogP contribution in [-0.4, -0.2) is 36.3 Å². The molecule has 2 fully saturated rings. The van der Waals surface area contributed by atoms with Gasteiger partial charge in [-0.3, -0.25) is 10.1 Å². The van der Waals surface area contributed by atoms with Gasteiger partial charge in [0.1, 0.15) is 0 Å². The lowest BCUT2D eigenvalue weighted by atomic mass is 9.57. The van der Waals surface area contributed by atoms with Crippen molar-refractivity contribution in [2.24, 2.45) is 11.3 Å². The summed E-state index contributed by atoms with van der Waals surface area (Å²) in [6.07, 6.45) is 1.89. The molecule has 1 aliphatic carbocycles. The summed E-state index contributed by atoms with van der Waals surface area (Å²) in [6, 6.07) is 6.36. The lowest BCUT2D eigenvalue weighted by Gasteiger charge is -2.54. The lowest BCUT2D eigenvalue weighted by molar-refractivity contribution is -0.384. The number of rotatable bonds is 5. The molecule has 0 unspecified atom stereocenters. The summed E-state index contributed by atoms with van der Waals surface area (Å²) in [7, 11) is 0. The SMILES string of the molecule is CC1(C)[C@H](NC(=O)NCCc2ccc([N+](=O)[O-])cc2)[C@H]2CCO[C@@H]21. The molecule has 1 aromatic rings. The summed E-state index contributed by atoms with van der Waals surface area (Å²) in [6.45, 7) is 5.52. The third kappa shape index (κ3) is 3.08. The van der Waals surface area contributed by atoms with Gasteiger partial charge in [-0.1, -0.05) is 26.0 Å². The number of nitrogens with one attached hydrogen (secondary N) is 2. The Morgan fingerprint density at radius 1 is 1.38 bits per heavy atom. The van der Waals surface area contributed by atoms with Crippen molar-refractivity contribution in [1.82, 2.24) is 10.6 Å². The Labute approximate surface area is 140 Å². The van der Waals surface area contributed by atoms with Crippen LogP contribution in [0.2, 0.25) is 0 Å². The van der Waals surface area contributed by atoms with E-state index in [4.69, 9.17) is 4.74 Å². The number of non-ortho nitro benzene ring substituents is 1. The van der Waals surface area contributed by atoms with Crippen LogP contribution in [-0.2, 0) is 11.2 Å². The van der Waals surface area contributed by atoms with Crippen molar-refractivity contribution in [3.8, 4) is 0 Å². The second-order valence-corrected chi connectivity index (χ2v) is 7.12. The average Bonchev–Trinajstić information content (AvgIpc) is 3.00. The van der Waals surface area contributed by atoms with Crippen LogP contribution in [0.1, 0.15) is 25.8 Å². The van der Waals surface area contributed by atoms with Crippen LogP contribution in [0.3, 0.4) is 0 Å². The molecule has 2 aliphatic rings. The number of carbonyl (C=O) groups is 1. The summed E-state index contributed by atoms with van der Waals surface area (Å²) in [4.78, 5) is 22.3. The number of nitro benzene ring substituents is 1. The number of ether oxygens (including phenoxy) is 1. The van der Waals surface area contributed by atoms with Gasteiger partial charge in [0.2, 0.25) is 0 Å². The maximum atomic E-state index is 12.1. The Kier molecular flexibility index (Phi) is 4.45. The lowest BCUT2D eigenvalue weighted by Crippen LogP contribution is -2.67. The highest BCUT2D eigenvalue weighted by Crippen LogP contribution is 2.51. The number of amides is 2. The van der Waals surface area contributed by atoms with Gasteiger partial charge >= 0.3 is 6.03 Å². The van der Waals surface area contributed by atoms with E-state index < -0.39 is 4.92 Å². The first kappa shape index (κ1) is 16.7. The predicted molar refractivity (Wildman–Crippen MR) is 88.8 cm³/mol. The summed E-state index contributed by atoms with van der Waals surface area (Å²) in [5.74, 6) is 0.417. The third-order valence-electron chi connectivity index (χ3n) is 5.23. The van der Waals surface area contributed by atoms with Crippen LogP contribution in [0.5, 0.6) is 0 Å². The van der Waals surface area contributed by atoms with Gasteiger partial charge in [-0.2, -0.15) is 0 Å². The van der Waals surface area contributed by atoms with Gasteiger partial charge in [-0.05, 0) is 18.4 Å². The molecule has 7 heteroatoms. The van der Waals surface area contributed by atoms with Gasteiger partial charge in [0.05, 0.1) is 11.0 Å². The largest absolute Gasteiger partial charge is 0.377 e. The van der Waals surface area contributed by atoms with Gasteiger partial charge < -0.3 is 15.4 Å². The van der Waals surface area contributed by atoms with Crippen molar-refractivity contribution in [3.05, 3.63) is 39.9 Å². The minimum atomic E-state index is -0.421. The molecule has 1 aliphatic heterocycles. The van der Waals surface area contributed by atoms with Crippen LogP contribution >= 0.6 is 0 Å². The summed E-state index contributed by atoms with van der Waals surface area (Å²) < 4.78 is 5.72. The van der Waals surface area contributed by atoms with Gasteiger partial charge in [0.15, 0.2) is 0 Å². The number of hydrogen-bond acceptors (Lipinski definition) is 4. The molecule has 24 heavy (non-hydrogen) atoms. The standard InChI is InChI=1S/C17H23N3O4/c1-17(2)14(13-8-10-24-15(13)17)19-16(21)18-9-7-11-3-5-12(6-4-11)20(22)23/h3-6,13-15H,7-10H2,1-2H3,(H2,18,19,21)/t13-,14-,15+/m1/s1. The summed E-state index contributed by atoms with van der Waals surface area (Å²) in [5, 5.41) is 16.5. The van der Waals surface area contributed by atoms with Gasteiger partial charge in [-0.25, -0.2) is 4.79 Å². The first-order valence-electron chi connectivity index (χ1n) is 8.29. The van der Waals surface area contributed by atoms with Crippen molar-refractivity contribution >= 4 is 11.7 Å². The number of nitrogens with zero attached hydrogens (tertiary/aromatic N) is 1. The van der Waals surface area contributed by atoms with E-state index in [2.05, 4.69) is 24.5 Å². The maximum absolute atomic E-state index is 12.1.